The van der Waals surface area contributed by atoms with Crippen molar-refractivity contribution in [3.8, 4) is 5.75 Å². The lowest BCUT2D eigenvalue weighted by Gasteiger charge is -2.11. The number of carbonyl (C=O) groups is 1. The Morgan fingerprint density at radius 2 is 1.50 bits per heavy atom. The summed E-state index contributed by atoms with van der Waals surface area (Å²) in [5.74, 6) is -0.208. The fraction of sp³-hybridized carbons (Fsp3) is 0. The molecule has 0 saturated carbocycles. The summed E-state index contributed by atoms with van der Waals surface area (Å²) < 4.78 is 0. The molecule has 5 heteroatoms. The normalized spacial score (nSPS) is 9.85. The second-order valence-electron chi connectivity index (χ2n) is 4.11. The van der Waals surface area contributed by atoms with Crippen LogP contribution in [-0.2, 0) is 0 Å². The largest absolute Gasteiger partial charge is 0.508 e. The van der Waals surface area contributed by atoms with Gasteiger partial charge in [0.25, 0.3) is 5.91 Å². The highest BCUT2D eigenvalue weighted by Crippen LogP contribution is 2.14. The van der Waals surface area contributed by atoms with Crippen LogP contribution in [0.25, 0.3) is 5.70 Å². The second-order valence-corrected chi connectivity index (χ2v) is 4.55. The second kappa shape index (κ2) is 6.12. The van der Waals surface area contributed by atoms with Crippen molar-refractivity contribution < 1.29 is 9.90 Å². The summed E-state index contributed by atoms with van der Waals surface area (Å²) in [7, 11) is 0. The molecular formula is C15H13ClN2O2. The molecule has 0 spiro atoms. The third kappa shape index (κ3) is 3.52. The van der Waals surface area contributed by atoms with Gasteiger partial charge in [0.15, 0.2) is 0 Å². The van der Waals surface area contributed by atoms with Crippen LogP contribution in [0.3, 0.4) is 0 Å². The monoisotopic (exact) mass is 288 g/mol. The van der Waals surface area contributed by atoms with E-state index >= 15 is 0 Å². The number of nitrogens with one attached hydrogen (secondary N) is 2. The van der Waals surface area contributed by atoms with Crippen molar-refractivity contribution in [1.82, 2.24) is 10.9 Å². The van der Waals surface area contributed by atoms with Crippen molar-refractivity contribution >= 4 is 23.2 Å². The molecule has 0 heterocycles. The van der Waals surface area contributed by atoms with E-state index < -0.39 is 0 Å². The summed E-state index contributed by atoms with van der Waals surface area (Å²) in [5.41, 5.74) is 7.06. The number of benzene rings is 2. The van der Waals surface area contributed by atoms with E-state index in [-0.39, 0.29) is 11.7 Å². The summed E-state index contributed by atoms with van der Waals surface area (Å²) in [5, 5.41) is 9.79. The number of carbonyl (C=O) groups excluding carboxylic acids is 1. The number of phenols is 1. The van der Waals surface area contributed by atoms with Crippen molar-refractivity contribution in [2.45, 2.75) is 0 Å². The molecule has 2 rings (SSSR count). The quantitative estimate of drug-likeness (QED) is 0.758. The predicted octanol–water partition coefficient (Wildman–Crippen LogP) is 2.95. The maximum Gasteiger partial charge on any atom is 0.269 e. The van der Waals surface area contributed by atoms with Crippen LogP contribution in [0.2, 0.25) is 5.02 Å². The average Bonchev–Trinajstić information content (AvgIpc) is 2.46. The van der Waals surface area contributed by atoms with Crippen molar-refractivity contribution in [2.24, 2.45) is 0 Å². The van der Waals surface area contributed by atoms with Crippen molar-refractivity contribution in [2.75, 3.05) is 0 Å². The summed E-state index contributed by atoms with van der Waals surface area (Å²) >= 11 is 5.80. The third-order valence-electron chi connectivity index (χ3n) is 2.65. The number of phenolic OH excluding ortho intramolecular Hbond substituents is 1. The van der Waals surface area contributed by atoms with E-state index in [1.54, 1.807) is 24.3 Å². The third-order valence-corrected chi connectivity index (χ3v) is 2.90. The fourth-order valence-corrected chi connectivity index (χ4v) is 1.67. The fourth-order valence-electron chi connectivity index (χ4n) is 1.54. The standard InChI is InChI=1S/C15H13ClN2O2/c1-10(11-2-6-13(16)7-3-11)17-18-15(20)12-4-8-14(19)9-5-12/h2-9,17,19H,1H2,(H,18,20). The Morgan fingerprint density at radius 3 is 2.10 bits per heavy atom. The number of hydrazine groups is 1. The number of halogens is 1. The van der Waals surface area contributed by atoms with Gasteiger partial charge < -0.3 is 5.11 Å². The van der Waals surface area contributed by atoms with Crippen LogP contribution in [-0.4, -0.2) is 11.0 Å². The van der Waals surface area contributed by atoms with Crippen molar-refractivity contribution in [3.63, 3.8) is 0 Å². The van der Waals surface area contributed by atoms with Gasteiger partial charge in [-0.3, -0.25) is 15.6 Å². The van der Waals surface area contributed by atoms with Crippen LogP contribution in [0.4, 0.5) is 0 Å². The van der Waals surface area contributed by atoms with Gasteiger partial charge >= 0.3 is 0 Å². The molecule has 0 saturated heterocycles. The summed E-state index contributed by atoms with van der Waals surface area (Å²) in [6.45, 7) is 3.83. The van der Waals surface area contributed by atoms with Gasteiger partial charge in [-0.05, 0) is 42.0 Å². The zero-order valence-electron chi connectivity index (χ0n) is 10.6. The zero-order chi connectivity index (χ0) is 14.5. The maximum atomic E-state index is 11.8. The molecule has 102 valence electrons. The van der Waals surface area contributed by atoms with Gasteiger partial charge in [0.2, 0.25) is 0 Å². The molecule has 0 radical (unpaired) electrons. The molecule has 20 heavy (non-hydrogen) atoms. The highest BCUT2D eigenvalue weighted by Gasteiger charge is 2.05. The van der Waals surface area contributed by atoms with Crippen molar-refractivity contribution in [3.05, 3.63) is 71.3 Å². The van der Waals surface area contributed by atoms with Gasteiger partial charge in [-0.25, -0.2) is 0 Å². The minimum atomic E-state index is -0.319. The van der Waals surface area contributed by atoms with Crippen LogP contribution in [0.1, 0.15) is 15.9 Å². The topological polar surface area (TPSA) is 61.4 Å². The first-order valence-electron chi connectivity index (χ1n) is 5.86. The zero-order valence-corrected chi connectivity index (χ0v) is 11.3. The Bertz CT molecular complexity index is 564. The van der Waals surface area contributed by atoms with Gasteiger partial charge in [0, 0.05) is 10.6 Å². The lowest BCUT2D eigenvalue weighted by Crippen LogP contribution is -2.35. The summed E-state index contributed by atoms with van der Waals surface area (Å²) in [6.07, 6.45) is 0. The molecular weight excluding hydrogens is 276 g/mol. The molecule has 3 N–H and O–H groups in total. The number of hydrogen-bond acceptors (Lipinski definition) is 3. The van der Waals surface area contributed by atoms with E-state index in [1.807, 2.05) is 0 Å². The Morgan fingerprint density at radius 1 is 0.950 bits per heavy atom. The Kier molecular flexibility index (Phi) is 4.27. The molecule has 0 unspecified atom stereocenters. The molecule has 0 aliphatic heterocycles. The summed E-state index contributed by atoms with van der Waals surface area (Å²) in [4.78, 5) is 11.8. The molecule has 2 aromatic rings. The molecule has 1 amide bonds. The lowest BCUT2D eigenvalue weighted by molar-refractivity contribution is 0.0942. The van der Waals surface area contributed by atoms with Crippen LogP contribution in [0.5, 0.6) is 5.75 Å². The van der Waals surface area contributed by atoms with E-state index in [1.165, 1.54) is 24.3 Å². The maximum absolute atomic E-state index is 11.8. The van der Waals surface area contributed by atoms with Crippen LogP contribution >= 0.6 is 11.6 Å². The Balaban J connectivity index is 1.94. The van der Waals surface area contributed by atoms with E-state index in [9.17, 15) is 4.79 Å². The molecule has 0 aliphatic carbocycles. The van der Waals surface area contributed by atoms with Crippen LogP contribution < -0.4 is 10.9 Å². The SMILES string of the molecule is C=C(NNC(=O)c1ccc(O)cc1)c1ccc(Cl)cc1. The number of rotatable bonds is 4. The van der Waals surface area contributed by atoms with Gasteiger partial charge in [0.05, 0.1) is 5.70 Å². The van der Waals surface area contributed by atoms with Crippen LogP contribution in [0.15, 0.2) is 55.1 Å². The molecule has 0 atom stereocenters. The first-order valence-corrected chi connectivity index (χ1v) is 6.24. The average molecular weight is 289 g/mol. The molecule has 0 bridgehead atoms. The minimum Gasteiger partial charge on any atom is -0.508 e. The molecule has 0 aromatic heterocycles. The Labute approximate surface area is 121 Å². The van der Waals surface area contributed by atoms with E-state index in [4.69, 9.17) is 16.7 Å². The Hall–Kier alpha value is -2.46. The molecule has 0 fully saturated rings. The minimum absolute atomic E-state index is 0.111. The summed E-state index contributed by atoms with van der Waals surface area (Å²) in [6, 6.07) is 13.0. The first-order chi connectivity index (χ1) is 9.56. The van der Waals surface area contributed by atoms with Gasteiger partial charge in [-0.15, -0.1) is 0 Å². The highest BCUT2D eigenvalue weighted by atomic mass is 35.5. The smallest absolute Gasteiger partial charge is 0.269 e. The molecule has 2 aromatic carbocycles. The molecule has 0 aliphatic rings. The van der Waals surface area contributed by atoms with Gasteiger partial charge in [0.1, 0.15) is 5.75 Å². The highest BCUT2D eigenvalue weighted by molar-refractivity contribution is 6.30. The number of aromatic hydroxyl groups is 1. The number of hydrogen-bond donors (Lipinski definition) is 3. The predicted molar refractivity (Wildman–Crippen MR) is 79.2 cm³/mol. The van der Waals surface area contributed by atoms with Crippen LogP contribution in [0, 0.1) is 0 Å². The van der Waals surface area contributed by atoms with E-state index in [0.29, 0.717) is 16.3 Å². The first kappa shape index (κ1) is 14.0. The number of amides is 1. The lowest BCUT2D eigenvalue weighted by atomic mass is 10.2. The molecule has 4 nitrogen and oxygen atoms in total. The van der Waals surface area contributed by atoms with E-state index in [2.05, 4.69) is 17.4 Å². The van der Waals surface area contributed by atoms with Crippen molar-refractivity contribution in [1.29, 1.82) is 0 Å². The van der Waals surface area contributed by atoms with E-state index in [0.717, 1.165) is 5.56 Å². The van der Waals surface area contributed by atoms with Gasteiger partial charge in [-0.1, -0.05) is 30.3 Å². The van der Waals surface area contributed by atoms with Gasteiger partial charge in [-0.2, -0.15) is 0 Å².